The Bertz CT molecular complexity index is 2470. The first-order chi connectivity index (χ1) is 28.6. The Morgan fingerprint density at radius 3 is 1.81 bits per heavy atom. The molecule has 0 saturated carbocycles. The molecule has 0 aromatic heterocycles. The molecule has 0 N–H and O–H groups in total. The van der Waals surface area contributed by atoms with Crippen molar-refractivity contribution in [3.63, 3.8) is 0 Å². The second-order valence-corrected chi connectivity index (χ2v) is 23.8. The number of hydrogen-bond donors (Lipinski definition) is 0. The van der Waals surface area contributed by atoms with E-state index >= 15 is 0 Å². The summed E-state index contributed by atoms with van der Waals surface area (Å²) in [6.07, 6.45) is 1.16. The third kappa shape index (κ3) is 12.3. The Hall–Kier alpha value is -2.27. The quantitative estimate of drug-likeness (QED) is 0.126. The smallest absolute Gasteiger partial charge is 0.421 e. The first-order valence-electron chi connectivity index (χ1n) is 19.5. The molecule has 2 amide bonds. The number of ketones is 1. The molecule has 2 heterocycles. The summed E-state index contributed by atoms with van der Waals surface area (Å²) in [5.74, 6) is -0.0321. The summed E-state index contributed by atoms with van der Waals surface area (Å²) in [7, 11) is -6.83. The van der Waals surface area contributed by atoms with Gasteiger partial charge in [0.1, 0.15) is 11.4 Å². The highest BCUT2D eigenvalue weighted by molar-refractivity contribution is 14.1. The Labute approximate surface area is 411 Å². The number of piperidine rings is 1. The number of sulfonamides is 2. The van der Waals surface area contributed by atoms with Gasteiger partial charge in [0.2, 0.25) is 26.0 Å². The monoisotopic (exact) mass is 1240 g/mol. The Balaban J connectivity index is 0.000000210. The first kappa shape index (κ1) is 52.4. The van der Waals surface area contributed by atoms with Gasteiger partial charge in [-0.05, 0) is 113 Å². The largest absolute Gasteiger partial charge is 0.443 e. The van der Waals surface area contributed by atoms with Crippen LogP contribution >= 0.6 is 77.0 Å². The molecule has 336 valence electrons. The summed E-state index contributed by atoms with van der Waals surface area (Å²) >= 11 is 11.2. The third-order valence-corrected chi connectivity index (χ3v) is 16.3. The number of alkyl halides is 2. The summed E-state index contributed by atoms with van der Waals surface area (Å²) in [5.41, 5.74) is 4.55. The Morgan fingerprint density at radius 1 is 0.758 bits per heavy atom. The highest BCUT2D eigenvalue weighted by Gasteiger charge is 2.49. The van der Waals surface area contributed by atoms with Crippen molar-refractivity contribution in [2.45, 2.75) is 88.5 Å². The molecule has 3 aliphatic rings. The van der Waals surface area contributed by atoms with Crippen LogP contribution in [0.1, 0.15) is 68.9 Å². The van der Waals surface area contributed by atoms with Crippen molar-refractivity contribution in [3.8, 4) is 0 Å². The number of imide groups is 1. The van der Waals surface area contributed by atoms with Gasteiger partial charge in [-0.3, -0.25) is 9.59 Å². The second kappa shape index (κ2) is 21.8. The number of hydrogen-bond acceptors (Lipinski definition) is 8. The molecule has 7 rings (SSSR count). The van der Waals surface area contributed by atoms with Crippen molar-refractivity contribution in [1.82, 2.24) is 8.61 Å². The molecule has 62 heavy (non-hydrogen) atoms. The van der Waals surface area contributed by atoms with Gasteiger partial charge in [0.05, 0.1) is 27.3 Å². The van der Waals surface area contributed by atoms with E-state index in [1.165, 1.54) is 4.31 Å². The minimum atomic E-state index is -3.51. The molecule has 1 fully saturated rings. The Morgan fingerprint density at radius 2 is 1.27 bits per heavy atom. The van der Waals surface area contributed by atoms with E-state index in [-0.39, 0.29) is 25.5 Å². The SMILES string of the molecule is C.CC(C)(C)OC(=O)N1C(=O)Cc2ccc(Br)cc21.Cc1ccc(S(=O)(=O)N(CCI)CCI)cc1.Cc1ccc(S(=O)(=O)N2CCC3(CC2)C(=O)Cc2cc(Br)ccc23)cc1. The van der Waals surface area contributed by atoms with Gasteiger partial charge in [-0.15, -0.1) is 0 Å². The molecule has 1 saturated heterocycles. The van der Waals surface area contributed by atoms with Crippen LogP contribution in [0.5, 0.6) is 0 Å². The maximum atomic E-state index is 12.9. The average Bonchev–Trinajstić information content (AvgIpc) is 3.65. The number of rotatable bonds is 8. The number of Topliss-reactive ketones (excluding diaryl/α,β-unsaturated/α-hetero) is 1. The minimum absolute atomic E-state index is 0. The van der Waals surface area contributed by atoms with Crippen molar-refractivity contribution in [1.29, 1.82) is 0 Å². The maximum Gasteiger partial charge on any atom is 0.421 e. The third-order valence-electron chi connectivity index (χ3n) is 10.5. The van der Waals surface area contributed by atoms with Crippen molar-refractivity contribution in [3.05, 3.63) is 122 Å². The summed E-state index contributed by atoms with van der Waals surface area (Å²) < 4.78 is 62.2. The number of nitrogens with zero attached hydrogens (tertiary/aromatic N) is 3. The molecule has 11 nitrogen and oxygen atoms in total. The van der Waals surface area contributed by atoms with Crippen LogP contribution in [0.15, 0.2) is 104 Å². The number of amides is 2. The van der Waals surface area contributed by atoms with Crippen molar-refractivity contribution < 1.29 is 36.0 Å². The Kier molecular flexibility index (Phi) is 18.4. The molecular weight excluding hydrogens is 1190 g/mol. The van der Waals surface area contributed by atoms with Crippen LogP contribution in [0.2, 0.25) is 0 Å². The number of halogens is 4. The number of carbonyl (C=O) groups is 3. The van der Waals surface area contributed by atoms with Gasteiger partial charge in [0.25, 0.3) is 0 Å². The van der Waals surface area contributed by atoms with Gasteiger partial charge in [-0.25, -0.2) is 26.5 Å². The van der Waals surface area contributed by atoms with E-state index < -0.39 is 37.2 Å². The first-order valence-corrected chi connectivity index (χ1v) is 27.1. The predicted molar refractivity (Wildman–Crippen MR) is 270 cm³/mol. The predicted octanol–water partition coefficient (Wildman–Crippen LogP) is 10.4. The summed E-state index contributed by atoms with van der Waals surface area (Å²) in [4.78, 5) is 38.5. The van der Waals surface area contributed by atoms with Crippen molar-refractivity contribution >= 4 is 121 Å². The van der Waals surface area contributed by atoms with Crippen LogP contribution in [-0.2, 0) is 52.6 Å². The van der Waals surface area contributed by atoms with Gasteiger partial charge < -0.3 is 4.74 Å². The van der Waals surface area contributed by atoms with E-state index in [4.69, 9.17) is 4.74 Å². The fourth-order valence-electron chi connectivity index (χ4n) is 7.36. The van der Waals surface area contributed by atoms with Crippen LogP contribution in [0.25, 0.3) is 0 Å². The zero-order valence-electron chi connectivity index (χ0n) is 34.6. The van der Waals surface area contributed by atoms with Crippen LogP contribution in [0.3, 0.4) is 0 Å². The zero-order chi connectivity index (χ0) is 44.9. The molecule has 0 atom stereocenters. The number of carbonyl (C=O) groups excluding carboxylic acids is 3. The van der Waals surface area contributed by atoms with Crippen LogP contribution in [0.4, 0.5) is 10.5 Å². The highest BCUT2D eigenvalue weighted by Crippen LogP contribution is 2.45. The van der Waals surface area contributed by atoms with Crippen molar-refractivity contribution in [2.75, 3.05) is 39.9 Å². The molecular formula is C45H53Br2I2N3O8S2. The standard InChI is InChI=1S/C20H20BrNO3S.C13H14BrNO3.C11H15I2NO2S.CH4/c1-14-2-5-17(6-3-14)26(24,25)22-10-8-20(9-11-22)18-7-4-16(21)12-15(18)13-19(20)23;1-13(2,3)18-12(17)15-10-7-9(14)5-4-8(10)6-11(15)16;1-10-2-4-11(5-3-10)17(15,16)14(8-6-12)9-7-13;/h2-7,12H,8-11,13H2,1H3;4-5,7H,6H2,1-3H3;2-5H,6-9H2,1H3;1H4. The lowest BCUT2D eigenvalue weighted by atomic mass is 9.73. The molecule has 0 radical (unpaired) electrons. The van der Waals surface area contributed by atoms with E-state index in [1.807, 2.05) is 68.4 Å². The molecule has 4 aromatic carbocycles. The fraction of sp³-hybridized carbons (Fsp3) is 0.400. The summed E-state index contributed by atoms with van der Waals surface area (Å²) in [6.45, 7) is 11.1. The van der Waals surface area contributed by atoms with E-state index in [9.17, 15) is 31.2 Å². The van der Waals surface area contributed by atoms with E-state index in [0.29, 0.717) is 60.9 Å². The zero-order valence-corrected chi connectivity index (χ0v) is 43.7. The average molecular weight is 1240 g/mol. The molecule has 2 aliphatic heterocycles. The molecule has 4 aromatic rings. The molecule has 17 heteroatoms. The lowest BCUT2D eigenvalue weighted by molar-refractivity contribution is -0.124. The van der Waals surface area contributed by atoms with Crippen LogP contribution in [-0.4, -0.2) is 83.9 Å². The van der Waals surface area contributed by atoms with E-state index in [1.54, 1.807) is 55.4 Å². The highest BCUT2D eigenvalue weighted by atomic mass is 127. The fourth-order valence-corrected chi connectivity index (χ4v) is 12.8. The lowest BCUT2D eigenvalue weighted by Gasteiger charge is -2.38. The topological polar surface area (TPSA) is 138 Å². The second-order valence-electron chi connectivity index (χ2n) is 16.0. The number of aryl methyl sites for hydroxylation is 2. The van der Waals surface area contributed by atoms with Gasteiger partial charge >= 0.3 is 6.09 Å². The number of anilines is 1. The lowest BCUT2D eigenvalue weighted by Crippen LogP contribution is -2.47. The van der Waals surface area contributed by atoms with Crippen LogP contribution in [0, 0.1) is 13.8 Å². The molecule has 0 bridgehead atoms. The minimum Gasteiger partial charge on any atom is -0.443 e. The summed E-state index contributed by atoms with van der Waals surface area (Å²) in [5, 5.41) is 0. The molecule has 0 unspecified atom stereocenters. The maximum absolute atomic E-state index is 12.9. The van der Waals surface area contributed by atoms with Crippen LogP contribution < -0.4 is 4.90 Å². The van der Waals surface area contributed by atoms with Gasteiger partial charge in [-0.2, -0.15) is 8.61 Å². The van der Waals surface area contributed by atoms with Crippen molar-refractivity contribution in [2.24, 2.45) is 0 Å². The van der Waals surface area contributed by atoms with E-state index in [2.05, 4.69) is 77.0 Å². The normalized spacial score (nSPS) is 15.8. The molecule has 1 spiro atoms. The summed E-state index contributed by atoms with van der Waals surface area (Å²) in [6, 6.07) is 25.4. The van der Waals surface area contributed by atoms with Gasteiger partial charge in [-0.1, -0.05) is 132 Å². The number of benzene rings is 4. The number of ether oxygens (including phenoxy) is 1. The molecule has 1 aliphatic carbocycles. The number of fused-ring (bicyclic) bond motifs is 3. The van der Waals surface area contributed by atoms with Gasteiger partial charge in [0, 0.05) is 50.4 Å². The van der Waals surface area contributed by atoms with E-state index in [0.717, 1.165) is 50.5 Å². The van der Waals surface area contributed by atoms with Gasteiger partial charge in [0.15, 0.2) is 0 Å².